The van der Waals surface area contributed by atoms with E-state index in [-0.39, 0.29) is 0 Å². The van der Waals surface area contributed by atoms with Gasteiger partial charge in [-0.3, -0.25) is 0 Å². The summed E-state index contributed by atoms with van der Waals surface area (Å²) in [5, 5.41) is 6.99. The van der Waals surface area contributed by atoms with Crippen LogP contribution in [0.3, 0.4) is 0 Å². The quantitative estimate of drug-likeness (QED) is 0.237. The SMILES string of the molecule is c1ccc2c(c1)oc1ccc(-c3ccc4c(c3)c3ccccc3n4-c3cccc4c3oc3ccccc34)cc12. The predicted octanol–water partition coefficient (Wildman–Crippen LogP) is 10.2. The van der Waals surface area contributed by atoms with E-state index in [1.807, 2.05) is 24.3 Å². The fourth-order valence-corrected chi connectivity index (χ4v) is 6.23. The molecule has 0 aliphatic carbocycles. The van der Waals surface area contributed by atoms with E-state index in [9.17, 15) is 0 Å². The van der Waals surface area contributed by atoms with Crippen LogP contribution in [-0.2, 0) is 0 Å². The number of aromatic nitrogens is 1. The van der Waals surface area contributed by atoms with Gasteiger partial charge >= 0.3 is 0 Å². The van der Waals surface area contributed by atoms with Crippen molar-refractivity contribution in [2.75, 3.05) is 0 Å². The van der Waals surface area contributed by atoms with E-state index in [0.29, 0.717) is 0 Å². The molecule has 0 amide bonds. The third-order valence-electron chi connectivity index (χ3n) is 8.01. The van der Waals surface area contributed by atoms with Crippen LogP contribution < -0.4 is 0 Å². The molecule has 3 heterocycles. The summed E-state index contributed by atoms with van der Waals surface area (Å²) < 4.78 is 14.8. The molecule has 39 heavy (non-hydrogen) atoms. The van der Waals surface area contributed by atoms with Gasteiger partial charge in [0, 0.05) is 32.3 Å². The Morgan fingerprint density at radius 1 is 0.385 bits per heavy atom. The van der Waals surface area contributed by atoms with Crippen LogP contribution in [0, 0.1) is 0 Å². The Kier molecular flexibility index (Phi) is 4.05. The van der Waals surface area contributed by atoms with Crippen molar-refractivity contribution in [1.29, 1.82) is 0 Å². The zero-order chi connectivity index (χ0) is 25.5. The summed E-state index contributed by atoms with van der Waals surface area (Å²) in [7, 11) is 0. The summed E-state index contributed by atoms with van der Waals surface area (Å²) in [6, 6.07) is 44.8. The van der Waals surface area contributed by atoms with Gasteiger partial charge in [-0.15, -0.1) is 0 Å². The van der Waals surface area contributed by atoms with Crippen LogP contribution in [0.5, 0.6) is 0 Å². The zero-order valence-corrected chi connectivity index (χ0v) is 20.9. The Balaban J connectivity index is 1.31. The van der Waals surface area contributed by atoms with E-state index in [1.54, 1.807) is 0 Å². The van der Waals surface area contributed by atoms with E-state index in [2.05, 4.69) is 108 Å². The largest absolute Gasteiger partial charge is 0.456 e. The first-order valence-electron chi connectivity index (χ1n) is 13.2. The van der Waals surface area contributed by atoms with Gasteiger partial charge in [-0.2, -0.15) is 0 Å². The first-order chi connectivity index (χ1) is 19.3. The number of para-hydroxylation sites is 4. The monoisotopic (exact) mass is 499 g/mol. The van der Waals surface area contributed by atoms with Gasteiger partial charge in [-0.1, -0.05) is 78.9 Å². The Labute approximate surface area is 223 Å². The molecule has 0 saturated carbocycles. The summed E-state index contributed by atoms with van der Waals surface area (Å²) in [5.74, 6) is 0. The minimum atomic E-state index is 0.905. The zero-order valence-electron chi connectivity index (χ0n) is 20.9. The summed E-state index contributed by atoms with van der Waals surface area (Å²) >= 11 is 0. The Morgan fingerprint density at radius 2 is 0.974 bits per heavy atom. The van der Waals surface area contributed by atoms with Gasteiger partial charge in [0.25, 0.3) is 0 Å². The summed E-state index contributed by atoms with van der Waals surface area (Å²) in [6.45, 7) is 0. The minimum absolute atomic E-state index is 0.905. The van der Waals surface area contributed by atoms with Gasteiger partial charge in [0.1, 0.15) is 16.7 Å². The first-order valence-corrected chi connectivity index (χ1v) is 13.2. The molecule has 3 heteroatoms. The fourth-order valence-electron chi connectivity index (χ4n) is 6.23. The highest BCUT2D eigenvalue weighted by Crippen LogP contribution is 2.40. The van der Waals surface area contributed by atoms with E-state index >= 15 is 0 Å². The van der Waals surface area contributed by atoms with Crippen molar-refractivity contribution in [3.8, 4) is 16.8 Å². The molecule has 0 aliphatic rings. The second-order valence-corrected chi connectivity index (χ2v) is 10.1. The van der Waals surface area contributed by atoms with Gasteiger partial charge in [-0.05, 0) is 59.7 Å². The third kappa shape index (κ3) is 2.87. The number of nitrogens with zero attached hydrogens (tertiary/aromatic N) is 1. The number of rotatable bonds is 2. The second kappa shape index (κ2) is 7.62. The van der Waals surface area contributed by atoms with Crippen molar-refractivity contribution in [1.82, 2.24) is 4.57 Å². The molecule has 3 nitrogen and oxygen atoms in total. The van der Waals surface area contributed by atoms with E-state index < -0.39 is 0 Å². The van der Waals surface area contributed by atoms with E-state index in [0.717, 1.165) is 60.6 Å². The molecule has 0 atom stereocenters. The average molecular weight is 500 g/mol. The first kappa shape index (κ1) is 20.7. The summed E-state index contributed by atoms with van der Waals surface area (Å²) in [6.07, 6.45) is 0. The third-order valence-corrected chi connectivity index (χ3v) is 8.01. The van der Waals surface area contributed by atoms with Crippen LogP contribution in [0.25, 0.3) is 82.5 Å². The molecule has 0 aliphatic heterocycles. The number of benzene rings is 6. The molecular formula is C36H21NO2. The van der Waals surface area contributed by atoms with E-state index in [4.69, 9.17) is 8.83 Å². The smallest absolute Gasteiger partial charge is 0.159 e. The number of furan rings is 2. The highest BCUT2D eigenvalue weighted by Gasteiger charge is 2.18. The van der Waals surface area contributed by atoms with Crippen molar-refractivity contribution in [3.63, 3.8) is 0 Å². The molecule has 0 fully saturated rings. The maximum atomic E-state index is 6.44. The second-order valence-electron chi connectivity index (χ2n) is 10.1. The number of hydrogen-bond acceptors (Lipinski definition) is 2. The average Bonchev–Trinajstić information content (AvgIpc) is 3.66. The van der Waals surface area contributed by atoms with Crippen molar-refractivity contribution in [3.05, 3.63) is 127 Å². The Hall–Kier alpha value is -5.28. The Morgan fingerprint density at radius 3 is 1.82 bits per heavy atom. The molecule has 9 rings (SSSR count). The highest BCUT2D eigenvalue weighted by molar-refractivity contribution is 6.14. The van der Waals surface area contributed by atoms with Crippen molar-refractivity contribution < 1.29 is 8.83 Å². The maximum Gasteiger partial charge on any atom is 0.159 e. The highest BCUT2D eigenvalue weighted by atomic mass is 16.3. The van der Waals surface area contributed by atoms with Crippen LogP contribution in [0.4, 0.5) is 0 Å². The summed E-state index contributed by atoms with van der Waals surface area (Å²) in [4.78, 5) is 0. The lowest BCUT2D eigenvalue weighted by atomic mass is 10.0. The maximum absolute atomic E-state index is 6.44. The van der Waals surface area contributed by atoms with Crippen LogP contribution >= 0.6 is 0 Å². The molecule has 9 aromatic rings. The van der Waals surface area contributed by atoms with Crippen molar-refractivity contribution in [2.45, 2.75) is 0 Å². The van der Waals surface area contributed by atoms with Crippen LogP contribution in [0.2, 0.25) is 0 Å². The van der Waals surface area contributed by atoms with Crippen LogP contribution in [-0.4, -0.2) is 4.57 Å². The lowest BCUT2D eigenvalue weighted by molar-refractivity contribution is 0.666. The summed E-state index contributed by atoms with van der Waals surface area (Å²) in [5.41, 5.74) is 9.37. The number of hydrogen-bond donors (Lipinski definition) is 0. The molecule has 0 spiro atoms. The lowest BCUT2D eigenvalue weighted by Crippen LogP contribution is -1.94. The fraction of sp³-hybridized carbons (Fsp3) is 0. The molecular weight excluding hydrogens is 478 g/mol. The van der Waals surface area contributed by atoms with Crippen LogP contribution in [0.15, 0.2) is 136 Å². The van der Waals surface area contributed by atoms with Crippen LogP contribution in [0.1, 0.15) is 0 Å². The van der Waals surface area contributed by atoms with Gasteiger partial charge in [0.2, 0.25) is 0 Å². The predicted molar refractivity (Wildman–Crippen MR) is 161 cm³/mol. The van der Waals surface area contributed by atoms with Gasteiger partial charge in [-0.25, -0.2) is 0 Å². The molecule has 0 radical (unpaired) electrons. The van der Waals surface area contributed by atoms with Gasteiger partial charge in [0.15, 0.2) is 5.58 Å². The Bertz CT molecular complexity index is 2400. The lowest BCUT2D eigenvalue weighted by Gasteiger charge is -2.09. The molecule has 0 unspecified atom stereocenters. The van der Waals surface area contributed by atoms with Gasteiger partial charge < -0.3 is 13.4 Å². The topological polar surface area (TPSA) is 31.2 Å². The molecule has 182 valence electrons. The molecule has 0 saturated heterocycles. The molecule has 6 aromatic carbocycles. The molecule has 3 aromatic heterocycles. The standard InChI is InChI=1S/C36H21NO2/c1-4-12-30-24(8-1)28-20-22(23-17-19-35-29(21-23)26-10-3-5-14-33(26)38-35)16-18-31(28)37(30)32-13-7-11-27-25-9-2-6-15-34(25)39-36(27)32/h1-21H. The van der Waals surface area contributed by atoms with Gasteiger partial charge in [0.05, 0.1) is 16.7 Å². The van der Waals surface area contributed by atoms with Crippen molar-refractivity contribution in [2.24, 2.45) is 0 Å². The molecule has 0 bridgehead atoms. The van der Waals surface area contributed by atoms with E-state index in [1.165, 1.54) is 21.9 Å². The molecule has 0 N–H and O–H groups in total. The normalized spacial score (nSPS) is 12.1. The minimum Gasteiger partial charge on any atom is -0.456 e. The number of fused-ring (bicyclic) bond motifs is 9. The van der Waals surface area contributed by atoms with Crippen molar-refractivity contribution >= 4 is 65.7 Å².